The lowest BCUT2D eigenvalue weighted by atomic mass is 10.2. The molecule has 1 amide bonds. The maximum Gasteiger partial charge on any atom is 0.255 e. The fraction of sp³-hybridized carbons (Fsp3) is 0.0769. The molecular formula is C13H11ClN2O2. The van der Waals surface area contributed by atoms with Gasteiger partial charge in [0.2, 0.25) is 5.56 Å². The zero-order valence-electron chi connectivity index (χ0n) is 9.44. The number of aromatic nitrogens is 1. The Bertz CT molecular complexity index is 622. The predicted octanol–water partition coefficient (Wildman–Crippen LogP) is 2.37. The van der Waals surface area contributed by atoms with Crippen LogP contribution < -0.4 is 10.9 Å². The van der Waals surface area contributed by atoms with Crippen LogP contribution in [0.5, 0.6) is 0 Å². The number of aromatic amines is 1. The molecule has 0 atom stereocenters. The normalized spacial score (nSPS) is 10.1. The van der Waals surface area contributed by atoms with Crippen molar-refractivity contribution in [3.8, 4) is 0 Å². The second kappa shape index (κ2) is 5.51. The summed E-state index contributed by atoms with van der Waals surface area (Å²) in [5.41, 5.74) is 1.48. The molecule has 0 unspecified atom stereocenters. The number of hydrogen-bond donors (Lipinski definition) is 2. The highest BCUT2D eigenvalue weighted by atomic mass is 35.5. The number of anilines is 1. The molecule has 4 nitrogen and oxygen atoms in total. The standard InChI is InChI=1S/C13H11ClN2O2/c14-8-10-3-1-2-4-11(10)16-13(18)9-5-6-15-12(17)7-9/h1-7H,8H2,(H,15,17)(H,16,18). The molecule has 1 aromatic heterocycles. The van der Waals surface area contributed by atoms with Crippen molar-refractivity contribution in [1.82, 2.24) is 4.98 Å². The summed E-state index contributed by atoms with van der Waals surface area (Å²) in [5, 5.41) is 2.73. The number of amides is 1. The molecular weight excluding hydrogens is 252 g/mol. The summed E-state index contributed by atoms with van der Waals surface area (Å²) in [7, 11) is 0. The molecule has 0 saturated heterocycles. The number of H-pyrrole nitrogens is 1. The van der Waals surface area contributed by atoms with Crippen LogP contribution in [0.15, 0.2) is 47.4 Å². The van der Waals surface area contributed by atoms with E-state index in [0.717, 1.165) is 5.56 Å². The van der Waals surface area contributed by atoms with Crippen molar-refractivity contribution in [3.05, 3.63) is 64.1 Å². The first-order valence-electron chi connectivity index (χ1n) is 5.34. The third-order valence-corrected chi connectivity index (χ3v) is 2.73. The van der Waals surface area contributed by atoms with E-state index in [2.05, 4.69) is 10.3 Å². The van der Waals surface area contributed by atoms with Crippen molar-refractivity contribution in [2.24, 2.45) is 0 Å². The van der Waals surface area contributed by atoms with Crippen LogP contribution in [0.25, 0.3) is 0 Å². The quantitative estimate of drug-likeness (QED) is 0.834. The molecule has 0 aliphatic rings. The van der Waals surface area contributed by atoms with Crippen molar-refractivity contribution in [3.63, 3.8) is 0 Å². The highest BCUT2D eigenvalue weighted by Crippen LogP contribution is 2.17. The molecule has 2 N–H and O–H groups in total. The number of carbonyl (C=O) groups is 1. The summed E-state index contributed by atoms with van der Waals surface area (Å²) in [6.45, 7) is 0. The Morgan fingerprint density at radius 3 is 2.78 bits per heavy atom. The van der Waals surface area contributed by atoms with E-state index in [9.17, 15) is 9.59 Å². The molecule has 92 valence electrons. The van der Waals surface area contributed by atoms with E-state index < -0.39 is 0 Å². The van der Waals surface area contributed by atoms with Gasteiger partial charge in [-0.15, -0.1) is 11.6 Å². The van der Waals surface area contributed by atoms with Crippen LogP contribution in [0.4, 0.5) is 5.69 Å². The van der Waals surface area contributed by atoms with Crippen molar-refractivity contribution < 1.29 is 4.79 Å². The number of hydrogen-bond acceptors (Lipinski definition) is 2. The maximum atomic E-state index is 11.9. The average molecular weight is 263 g/mol. The van der Waals surface area contributed by atoms with Gasteiger partial charge in [0.15, 0.2) is 0 Å². The van der Waals surface area contributed by atoms with E-state index in [4.69, 9.17) is 11.6 Å². The number of carbonyl (C=O) groups excluding carboxylic acids is 1. The van der Waals surface area contributed by atoms with E-state index in [1.165, 1.54) is 12.3 Å². The predicted molar refractivity (Wildman–Crippen MR) is 71.0 cm³/mol. The topological polar surface area (TPSA) is 62.0 Å². The molecule has 0 spiro atoms. The number of nitrogens with one attached hydrogen (secondary N) is 2. The molecule has 0 aliphatic heterocycles. The van der Waals surface area contributed by atoms with E-state index in [0.29, 0.717) is 17.1 Å². The summed E-state index contributed by atoms with van der Waals surface area (Å²) in [6.07, 6.45) is 1.44. The molecule has 0 radical (unpaired) electrons. The number of alkyl halides is 1. The van der Waals surface area contributed by atoms with Gasteiger partial charge in [0, 0.05) is 29.4 Å². The van der Waals surface area contributed by atoms with Gasteiger partial charge in [0.25, 0.3) is 5.91 Å². The number of pyridine rings is 1. The number of benzene rings is 1. The SMILES string of the molecule is O=C(Nc1ccccc1CCl)c1cc[nH]c(=O)c1. The number of rotatable bonds is 3. The summed E-state index contributed by atoms with van der Waals surface area (Å²) in [6, 6.07) is 10.0. The van der Waals surface area contributed by atoms with Gasteiger partial charge in [-0.2, -0.15) is 0 Å². The fourth-order valence-corrected chi connectivity index (χ4v) is 1.77. The summed E-state index contributed by atoms with van der Waals surface area (Å²) < 4.78 is 0. The van der Waals surface area contributed by atoms with Crippen LogP contribution in [-0.4, -0.2) is 10.9 Å². The molecule has 1 aromatic carbocycles. The van der Waals surface area contributed by atoms with Crippen LogP contribution in [0, 0.1) is 0 Å². The second-order valence-corrected chi connectivity index (χ2v) is 3.95. The van der Waals surface area contributed by atoms with Gasteiger partial charge in [-0.1, -0.05) is 18.2 Å². The van der Waals surface area contributed by atoms with E-state index in [1.807, 2.05) is 18.2 Å². The van der Waals surface area contributed by atoms with Crippen molar-refractivity contribution in [1.29, 1.82) is 0 Å². The Labute approximate surface area is 109 Å². The monoisotopic (exact) mass is 262 g/mol. The van der Waals surface area contributed by atoms with Crippen LogP contribution in [0.1, 0.15) is 15.9 Å². The highest BCUT2D eigenvalue weighted by molar-refractivity contribution is 6.17. The van der Waals surface area contributed by atoms with Crippen molar-refractivity contribution in [2.45, 2.75) is 5.88 Å². The van der Waals surface area contributed by atoms with Gasteiger partial charge in [0.1, 0.15) is 0 Å². The van der Waals surface area contributed by atoms with Gasteiger partial charge >= 0.3 is 0 Å². The molecule has 2 aromatic rings. The Hall–Kier alpha value is -2.07. The third-order valence-electron chi connectivity index (χ3n) is 2.45. The fourth-order valence-electron chi connectivity index (χ4n) is 1.54. The highest BCUT2D eigenvalue weighted by Gasteiger charge is 2.08. The zero-order chi connectivity index (χ0) is 13.0. The number of para-hydroxylation sites is 1. The zero-order valence-corrected chi connectivity index (χ0v) is 10.2. The lowest BCUT2D eigenvalue weighted by Crippen LogP contribution is -2.16. The summed E-state index contributed by atoms with van der Waals surface area (Å²) in [5.74, 6) is -0.0232. The Morgan fingerprint density at radius 2 is 2.06 bits per heavy atom. The van der Waals surface area contributed by atoms with Crippen molar-refractivity contribution in [2.75, 3.05) is 5.32 Å². The van der Waals surface area contributed by atoms with Gasteiger partial charge in [-0.25, -0.2) is 0 Å². The molecule has 18 heavy (non-hydrogen) atoms. The van der Waals surface area contributed by atoms with E-state index >= 15 is 0 Å². The lowest BCUT2D eigenvalue weighted by molar-refractivity contribution is 0.102. The largest absolute Gasteiger partial charge is 0.329 e. The van der Waals surface area contributed by atoms with E-state index in [1.54, 1.807) is 12.1 Å². The summed E-state index contributed by atoms with van der Waals surface area (Å²) in [4.78, 5) is 25.5. The second-order valence-electron chi connectivity index (χ2n) is 3.69. The smallest absolute Gasteiger partial charge is 0.255 e. The van der Waals surface area contributed by atoms with Gasteiger partial charge in [-0.3, -0.25) is 9.59 Å². The van der Waals surface area contributed by atoms with Crippen LogP contribution in [0.3, 0.4) is 0 Å². The first-order chi connectivity index (χ1) is 8.70. The van der Waals surface area contributed by atoms with Crippen LogP contribution in [-0.2, 0) is 5.88 Å². The van der Waals surface area contributed by atoms with Gasteiger partial charge < -0.3 is 10.3 Å². The van der Waals surface area contributed by atoms with E-state index in [-0.39, 0.29) is 11.5 Å². The molecule has 1 heterocycles. The van der Waals surface area contributed by atoms with Gasteiger partial charge in [0.05, 0.1) is 0 Å². The van der Waals surface area contributed by atoms with Crippen molar-refractivity contribution >= 4 is 23.2 Å². The molecule has 0 fully saturated rings. The molecule has 0 aliphatic carbocycles. The maximum absolute atomic E-state index is 11.9. The Balaban J connectivity index is 2.24. The first-order valence-corrected chi connectivity index (χ1v) is 5.88. The Kier molecular flexibility index (Phi) is 3.79. The van der Waals surface area contributed by atoms with Crippen LogP contribution in [0.2, 0.25) is 0 Å². The first kappa shape index (κ1) is 12.4. The molecule has 2 rings (SSSR count). The third kappa shape index (κ3) is 2.78. The minimum absolute atomic E-state index is 0.308. The lowest BCUT2D eigenvalue weighted by Gasteiger charge is -2.08. The Morgan fingerprint density at radius 1 is 1.28 bits per heavy atom. The number of halogens is 1. The molecule has 0 saturated carbocycles. The van der Waals surface area contributed by atoms with Crippen LogP contribution >= 0.6 is 11.6 Å². The summed E-state index contributed by atoms with van der Waals surface area (Å²) >= 11 is 5.78. The molecule has 0 bridgehead atoms. The minimum Gasteiger partial charge on any atom is -0.329 e. The van der Waals surface area contributed by atoms with Gasteiger partial charge in [-0.05, 0) is 17.7 Å². The molecule has 5 heteroatoms. The minimum atomic E-state index is -0.335. The average Bonchev–Trinajstić information content (AvgIpc) is 2.39.